The standard InChI is InChI=1S/C12H15NS/c1-9(2)13-8-7-10-11(13)5-4-6-12(10)14-3/h4-9H,1-3H3. The minimum absolute atomic E-state index is 0.532. The van der Waals surface area contributed by atoms with E-state index in [4.69, 9.17) is 0 Å². The van der Waals surface area contributed by atoms with Crippen molar-refractivity contribution in [3.8, 4) is 0 Å². The molecule has 0 aliphatic rings. The Kier molecular flexibility index (Phi) is 2.55. The van der Waals surface area contributed by atoms with Gasteiger partial charge < -0.3 is 4.57 Å². The largest absolute Gasteiger partial charge is 0.345 e. The van der Waals surface area contributed by atoms with Crippen LogP contribution in [0, 0.1) is 0 Å². The predicted molar refractivity (Wildman–Crippen MR) is 64.1 cm³/mol. The van der Waals surface area contributed by atoms with E-state index in [-0.39, 0.29) is 0 Å². The number of fused-ring (bicyclic) bond motifs is 1. The Balaban J connectivity index is 2.69. The average molecular weight is 205 g/mol. The van der Waals surface area contributed by atoms with Crippen LogP contribution in [0.4, 0.5) is 0 Å². The number of rotatable bonds is 2. The van der Waals surface area contributed by atoms with Gasteiger partial charge in [0, 0.05) is 28.0 Å². The summed E-state index contributed by atoms with van der Waals surface area (Å²) in [6.45, 7) is 4.43. The minimum Gasteiger partial charge on any atom is -0.345 e. The maximum Gasteiger partial charge on any atom is 0.0494 e. The quantitative estimate of drug-likeness (QED) is 0.672. The van der Waals surface area contributed by atoms with Crippen LogP contribution in [-0.2, 0) is 0 Å². The lowest BCUT2D eigenvalue weighted by molar-refractivity contribution is 0.623. The van der Waals surface area contributed by atoms with E-state index in [1.165, 1.54) is 15.8 Å². The maximum absolute atomic E-state index is 2.31. The maximum atomic E-state index is 2.31. The van der Waals surface area contributed by atoms with Gasteiger partial charge in [0.25, 0.3) is 0 Å². The molecule has 1 heterocycles. The molecule has 2 aromatic rings. The molecule has 0 aliphatic carbocycles. The van der Waals surface area contributed by atoms with E-state index in [9.17, 15) is 0 Å². The Labute approximate surface area is 89.1 Å². The third-order valence-electron chi connectivity index (χ3n) is 2.50. The van der Waals surface area contributed by atoms with Gasteiger partial charge in [-0.15, -0.1) is 11.8 Å². The van der Waals surface area contributed by atoms with E-state index in [2.05, 4.69) is 55.1 Å². The van der Waals surface area contributed by atoms with Crippen molar-refractivity contribution < 1.29 is 0 Å². The first-order chi connectivity index (χ1) is 6.74. The summed E-state index contributed by atoms with van der Waals surface area (Å²) in [5, 5.41) is 1.37. The van der Waals surface area contributed by atoms with E-state index in [0.29, 0.717) is 6.04 Å². The second-order valence-corrected chi connectivity index (χ2v) is 4.56. The van der Waals surface area contributed by atoms with Gasteiger partial charge in [-0.25, -0.2) is 0 Å². The van der Waals surface area contributed by atoms with Crippen molar-refractivity contribution in [1.29, 1.82) is 0 Å². The van der Waals surface area contributed by atoms with E-state index in [1.54, 1.807) is 0 Å². The molecule has 0 amide bonds. The highest BCUT2D eigenvalue weighted by Gasteiger charge is 2.06. The lowest BCUT2D eigenvalue weighted by atomic mass is 10.2. The van der Waals surface area contributed by atoms with Crippen LogP contribution in [0.3, 0.4) is 0 Å². The molecular weight excluding hydrogens is 190 g/mol. The molecule has 0 fully saturated rings. The second kappa shape index (κ2) is 3.70. The van der Waals surface area contributed by atoms with Gasteiger partial charge in [-0.1, -0.05) is 6.07 Å². The molecule has 1 aromatic heterocycles. The molecule has 2 rings (SSSR count). The van der Waals surface area contributed by atoms with E-state index < -0.39 is 0 Å². The number of thioether (sulfide) groups is 1. The first-order valence-corrected chi connectivity index (χ1v) is 6.10. The molecule has 1 aromatic carbocycles. The number of benzene rings is 1. The molecule has 0 N–H and O–H groups in total. The summed E-state index contributed by atoms with van der Waals surface area (Å²) in [6.07, 6.45) is 4.30. The highest BCUT2D eigenvalue weighted by Crippen LogP contribution is 2.28. The molecule has 0 bridgehead atoms. The molecule has 0 atom stereocenters. The molecule has 1 nitrogen and oxygen atoms in total. The summed E-state index contributed by atoms with van der Waals surface area (Å²) >= 11 is 1.81. The van der Waals surface area contributed by atoms with Crippen LogP contribution in [0.5, 0.6) is 0 Å². The van der Waals surface area contributed by atoms with Crippen LogP contribution >= 0.6 is 11.8 Å². The monoisotopic (exact) mass is 205 g/mol. The Bertz CT molecular complexity index is 443. The van der Waals surface area contributed by atoms with Crippen molar-refractivity contribution in [2.75, 3.05) is 6.26 Å². The van der Waals surface area contributed by atoms with Gasteiger partial charge in [0.15, 0.2) is 0 Å². The van der Waals surface area contributed by atoms with Gasteiger partial charge in [0.05, 0.1) is 0 Å². The highest BCUT2D eigenvalue weighted by atomic mass is 32.2. The Hall–Kier alpha value is -0.890. The molecule has 14 heavy (non-hydrogen) atoms. The number of nitrogens with zero attached hydrogens (tertiary/aromatic N) is 1. The third kappa shape index (κ3) is 1.44. The van der Waals surface area contributed by atoms with Gasteiger partial charge in [0.2, 0.25) is 0 Å². The molecular formula is C12H15NS. The van der Waals surface area contributed by atoms with E-state index in [0.717, 1.165) is 0 Å². The Morgan fingerprint density at radius 1 is 1.21 bits per heavy atom. The van der Waals surface area contributed by atoms with Crippen molar-refractivity contribution >= 4 is 22.7 Å². The predicted octanol–water partition coefficient (Wildman–Crippen LogP) is 3.94. The van der Waals surface area contributed by atoms with Crippen molar-refractivity contribution in [3.05, 3.63) is 30.5 Å². The van der Waals surface area contributed by atoms with Crippen molar-refractivity contribution in [3.63, 3.8) is 0 Å². The zero-order valence-corrected chi connectivity index (χ0v) is 9.64. The molecule has 0 spiro atoms. The molecule has 74 valence electrons. The first kappa shape index (κ1) is 9.66. The van der Waals surface area contributed by atoms with Crippen LogP contribution < -0.4 is 0 Å². The molecule has 0 saturated carbocycles. The summed E-state index contributed by atoms with van der Waals surface area (Å²) in [4.78, 5) is 1.36. The molecule has 2 heteroatoms. The van der Waals surface area contributed by atoms with Crippen LogP contribution in [0.25, 0.3) is 10.9 Å². The Morgan fingerprint density at radius 2 is 2.00 bits per heavy atom. The fourth-order valence-corrected chi connectivity index (χ4v) is 2.40. The fourth-order valence-electron chi connectivity index (χ4n) is 1.79. The van der Waals surface area contributed by atoms with Crippen LogP contribution in [0.1, 0.15) is 19.9 Å². The number of aromatic nitrogens is 1. The normalized spacial score (nSPS) is 11.4. The highest BCUT2D eigenvalue weighted by molar-refractivity contribution is 7.98. The van der Waals surface area contributed by atoms with Crippen LogP contribution in [0.2, 0.25) is 0 Å². The average Bonchev–Trinajstić information content (AvgIpc) is 2.60. The molecule has 0 saturated heterocycles. The third-order valence-corrected chi connectivity index (χ3v) is 3.30. The lowest BCUT2D eigenvalue weighted by Crippen LogP contribution is -1.97. The van der Waals surface area contributed by atoms with E-state index in [1.807, 2.05) is 11.8 Å². The zero-order chi connectivity index (χ0) is 10.1. The van der Waals surface area contributed by atoms with Crippen molar-refractivity contribution in [2.24, 2.45) is 0 Å². The SMILES string of the molecule is CSc1cccc2c1ccn2C(C)C. The summed E-state index contributed by atoms with van der Waals surface area (Å²) in [5.41, 5.74) is 1.34. The van der Waals surface area contributed by atoms with Gasteiger partial charge >= 0.3 is 0 Å². The molecule has 0 aliphatic heterocycles. The van der Waals surface area contributed by atoms with Gasteiger partial charge in [-0.05, 0) is 38.3 Å². The first-order valence-electron chi connectivity index (χ1n) is 4.87. The van der Waals surface area contributed by atoms with E-state index >= 15 is 0 Å². The van der Waals surface area contributed by atoms with Crippen LogP contribution in [-0.4, -0.2) is 10.8 Å². The van der Waals surface area contributed by atoms with Crippen LogP contribution in [0.15, 0.2) is 35.4 Å². The minimum atomic E-state index is 0.532. The van der Waals surface area contributed by atoms with Gasteiger partial charge in [0.1, 0.15) is 0 Å². The lowest BCUT2D eigenvalue weighted by Gasteiger charge is -2.09. The summed E-state index contributed by atoms with van der Waals surface area (Å²) in [7, 11) is 0. The molecule has 0 unspecified atom stereocenters. The topological polar surface area (TPSA) is 4.93 Å². The number of hydrogen-bond acceptors (Lipinski definition) is 1. The van der Waals surface area contributed by atoms with Gasteiger partial charge in [-0.2, -0.15) is 0 Å². The summed E-state index contributed by atoms with van der Waals surface area (Å²) in [5.74, 6) is 0. The zero-order valence-electron chi connectivity index (χ0n) is 8.82. The fraction of sp³-hybridized carbons (Fsp3) is 0.333. The smallest absolute Gasteiger partial charge is 0.0494 e. The summed E-state index contributed by atoms with van der Waals surface area (Å²) < 4.78 is 2.31. The Morgan fingerprint density at radius 3 is 2.64 bits per heavy atom. The van der Waals surface area contributed by atoms with Crippen molar-refractivity contribution in [1.82, 2.24) is 4.57 Å². The van der Waals surface area contributed by atoms with Crippen molar-refractivity contribution in [2.45, 2.75) is 24.8 Å². The molecule has 0 radical (unpaired) electrons. The second-order valence-electron chi connectivity index (χ2n) is 3.71. The number of hydrogen-bond donors (Lipinski definition) is 0. The summed E-state index contributed by atoms with van der Waals surface area (Å²) in [6, 6.07) is 9.24. The van der Waals surface area contributed by atoms with Gasteiger partial charge in [-0.3, -0.25) is 0 Å².